The van der Waals surface area contributed by atoms with Gasteiger partial charge in [0.2, 0.25) is 0 Å². The molecule has 39 heavy (non-hydrogen) atoms. The van der Waals surface area contributed by atoms with Gasteiger partial charge in [-0.05, 0) is 64.4 Å². The smallest absolute Gasteiger partial charge is 0.190 e. The zero-order valence-electron chi connectivity index (χ0n) is 22.4. The van der Waals surface area contributed by atoms with Gasteiger partial charge in [0.05, 0.1) is 23.2 Å². The van der Waals surface area contributed by atoms with Crippen molar-refractivity contribution >= 4 is 44.7 Å². The molecule has 0 saturated carbocycles. The van der Waals surface area contributed by atoms with E-state index >= 15 is 0 Å². The largest absolute Gasteiger partial charge is 0.372 e. The van der Waals surface area contributed by atoms with E-state index in [0.717, 1.165) is 39.5 Å². The predicted octanol–water partition coefficient (Wildman–Crippen LogP) is 5.19. The Morgan fingerprint density at radius 1 is 0.974 bits per heavy atom. The Hall–Kier alpha value is -2.37. The van der Waals surface area contributed by atoms with Crippen molar-refractivity contribution in [3.05, 3.63) is 47.5 Å². The summed E-state index contributed by atoms with van der Waals surface area (Å²) in [7, 11) is 0. The highest BCUT2D eigenvalue weighted by molar-refractivity contribution is 6.31. The fourth-order valence-corrected chi connectivity index (χ4v) is 6.12. The van der Waals surface area contributed by atoms with Crippen LogP contribution in [0.4, 0.5) is 0 Å². The lowest BCUT2D eigenvalue weighted by atomic mass is 10.1. The van der Waals surface area contributed by atoms with Gasteiger partial charge in [0, 0.05) is 23.6 Å². The average Bonchev–Trinajstić information content (AvgIpc) is 3.59. The summed E-state index contributed by atoms with van der Waals surface area (Å²) in [6, 6.07) is 13.8. The second kappa shape index (κ2) is 9.34. The van der Waals surface area contributed by atoms with Crippen LogP contribution in [0.15, 0.2) is 42.5 Å². The van der Waals surface area contributed by atoms with Gasteiger partial charge < -0.3 is 33.0 Å². The molecule has 0 bridgehead atoms. The number of aromatic nitrogens is 3. The van der Waals surface area contributed by atoms with Crippen LogP contribution in [0.3, 0.4) is 0 Å². The summed E-state index contributed by atoms with van der Waals surface area (Å²) in [5.74, 6) is -1.40. The topological polar surface area (TPSA) is 86.1 Å². The second-order valence-corrected chi connectivity index (χ2v) is 11.8. The molecule has 7 rings (SSSR count). The van der Waals surface area contributed by atoms with Crippen LogP contribution in [0.5, 0.6) is 0 Å². The van der Waals surface area contributed by atoms with Crippen LogP contribution >= 0.6 is 11.6 Å². The van der Waals surface area contributed by atoms with Gasteiger partial charge in [-0.1, -0.05) is 23.7 Å². The molecule has 3 aliphatic rings. The Morgan fingerprint density at radius 3 is 2.54 bits per heavy atom. The number of benzene rings is 2. The van der Waals surface area contributed by atoms with E-state index in [2.05, 4.69) is 4.57 Å². The number of para-hydroxylation sites is 2. The molecule has 1 unspecified atom stereocenters. The molecule has 5 heterocycles. The maximum Gasteiger partial charge on any atom is 0.190 e. The number of rotatable bonds is 6. The van der Waals surface area contributed by atoms with Crippen molar-refractivity contribution in [3.63, 3.8) is 0 Å². The van der Waals surface area contributed by atoms with Gasteiger partial charge in [-0.25, -0.2) is 9.97 Å². The predicted molar refractivity (Wildman–Crippen MR) is 146 cm³/mol. The number of ether oxygens (including phenoxy) is 6. The van der Waals surface area contributed by atoms with Gasteiger partial charge in [-0.2, -0.15) is 0 Å². The lowest BCUT2D eigenvalue weighted by Crippen LogP contribution is -2.44. The van der Waals surface area contributed by atoms with Crippen molar-refractivity contribution in [3.8, 4) is 0 Å². The molecular formula is C29H32ClN3O6. The van der Waals surface area contributed by atoms with Gasteiger partial charge in [0.15, 0.2) is 23.5 Å². The average molecular weight is 554 g/mol. The first kappa shape index (κ1) is 25.6. The molecule has 2 aromatic heterocycles. The van der Waals surface area contributed by atoms with Crippen LogP contribution in [-0.4, -0.2) is 70.0 Å². The fraction of sp³-hybridized carbons (Fsp3) is 0.517. The molecular weight excluding hydrogens is 522 g/mol. The van der Waals surface area contributed by atoms with Crippen LogP contribution in [0, 0.1) is 0 Å². The van der Waals surface area contributed by atoms with E-state index < -0.39 is 17.9 Å². The standard InChI is InChI=1S/C29H32ClN3O6/c1-28(2)35-15-21(37-28)23-24(25-27(36-23)39-29(3,4)38-25)34-13-7-12-33-20-11-10-16(30)14-17(20)22-26(33)32-19-9-6-5-8-18(19)31-22/h5-6,8-11,14,21,23-25,27H,7,12-13,15H2,1-4H3/t21?,23-,24+,25-,27-/m1/s1. The van der Waals surface area contributed by atoms with E-state index in [1.54, 1.807) is 0 Å². The van der Waals surface area contributed by atoms with Crippen molar-refractivity contribution in [2.24, 2.45) is 0 Å². The highest BCUT2D eigenvalue weighted by Gasteiger charge is 2.58. The Kier molecular flexibility index (Phi) is 6.13. The highest BCUT2D eigenvalue weighted by atomic mass is 35.5. The normalized spacial score (nSPS) is 29.6. The van der Waals surface area contributed by atoms with Gasteiger partial charge >= 0.3 is 0 Å². The van der Waals surface area contributed by atoms with Crippen molar-refractivity contribution < 1.29 is 28.4 Å². The van der Waals surface area contributed by atoms with E-state index in [1.807, 2.05) is 70.2 Å². The van der Waals surface area contributed by atoms with Crippen LogP contribution in [-0.2, 0) is 35.0 Å². The molecule has 3 saturated heterocycles. The van der Waals surface area contributed by atoms with Crippen LogP contribution < -0.4 is 0 Å². The SMILES string of the molecule is CC1(C)OCC([C@H]2O[C@@H]3OC(C)(C)O[C@@H]3[C@H]2OCCCn2c3ccc(Cl)cc3c3nc4ccccc4nc32)O1. The Morgan fingerprint density at radius 2 is 1.77 bits per heavy atom. The number of hydrogen-bond acceptors (Lipinski definition) is 8. The molecule has 10 heteroatoms. The van der Waals surface area contributed by atoms with Crippen molar-refractivity contribution in [1.82, 2.24) is 14.5 Å². The summed E-state index contributed by atoms with van der Waals surface area (Å²) in [5.41, 5.74) is 4.44. The van der Waals surface area contributed by atoms with Crippen molar-refractivity contribution in [2.75, 3.05) is 13.2 Å². The molecule has 4 aromatic rings. The molecule has 9 nitrogen and oxygen atoms in total. The minimum absolute atomic E-state index is 0.267. The molecule has 0 aliphatic carbocycles. The molecule has 0 radical (unpaired) electrons. The van der Waals surface area contributed by atoms with E-state index in [0.29, 0.717) is 24.8 Å². The first-order chi connectivity index (χ1) is 18.7. The van der Waals surface area contributed by atoms with Crippen molar-refractivity contribution in [1.29, 1.82) is 0 Å². The summed E-state index contributed by atoms with van der Waals surface area (Å²) in [6.45, 7) is 9.19. The van der Waals surface area contributed by atoms with Crippen LogP contribution in [0.1, 0.15) is 34.1 Å². The summed E-state index contributed by atoms with van der Waals surface area (Å²) in [4.78, 5) is 9.90. The second-order valence-electron chi connectivity index (χ2n) is 11.3. The Labute approximate surface area is 231 Å². The quantitative estimate of drug-likeness (QED) is 0.301. The molecule has 0 spiro atoms. The number of halogens is 1. The summed E-state index contributed by atoms with van der Waals surface area (Å²) in [5, 5.41) is 1.66. The van der Waals surface area contributed by atoms with Gasteiger partial charge in [-0.3, -0.25) is 0 Å². The first-order valence-electron chi connectivity index (χ1n) is 13.5. The van der Waals surface area contributed by atoms with Gasteiger partial charge in [0.1, 0.15) is 29.9 Å². The third-order valence-corrected chi connectivity index (χ3v) is 7.81. The number of nitrogens with zero attached hydrogens (tertiary/aromatic N) is 3. The Balaban J connectivity index is 1.13. The minimum atomic E-state index is -0.736. The third-order valence-electron chi connectivity index (χ3n) is 7.57. The summed E-state index contributed by atoms with van der Waals surface area (Å²) in [6.07, 6.45) is -1.08. The van der Waals surface area contributed by atoms with Crippen molar-refractivity contribution in [2.45, 2.75) is 82.9 Å². The molecule has 5 atom stereocenters. The van der Waals surface area contributed by atoms with Crippen LogP contribution in [0.25, 0.3) is 33.1 Å². The maximum absolute atomic E-state index is 6.48. The highest BCUT2D eigenvalue weighted by Crippen LogP contribution is 2.42. The summed E-state index contributed by atoms with van der Waals surface area (Å²) >= 11 is 6.36. The van der Waals surface area contributed by atoms with E-state index in [9.17, 15) is 0 Å². The van der Waals surface area contributed by atoms with E-state index in [4.69, 9.17) is 50.0 Å². The molecule has 3 fully saturated rings. The molecule has 3 aliphatic heterocycles. The Bertz CT molecular complexity index is 1550. The molecule has 2 aromatic carbocycles. The monoisotopic (exact) mass is 553 g/mol. The van der Waals surface area contributed by atoms with E-state index in [-0.39, 0.29) is 24.4 Å². The first-order valence-corrected chi connectivity index (χ1v) is 13.8. The van der Waals surface area contributed by atoms with Gasteiger partial charge in [-0.15, -0.1) is 0 Å². The van der Waals surface area contributed by atoms with Crippen LogP contribution in [0.2, 0.25) is 5.02 Å². The van der Waals surface area contributed by atoms with E-state index in [1.165, 1.54) is 0 Å². The van der Waals surface area contributed by atoms with Gasteiger partial charge in [0.25, 0.3) is 0 Å². The number of hydrogen-bond donors (Lipinski definition) is 0. The zero-order valence-corrected chi connectivity index (χ0v) is 23.2. The summed E-state index contributed by atoms with van der Waals surface area (Å²) < 4.78 is 39.1. The number of aryl methyl sites for hydroxylation is 1. The molecule has 206 valence electrons. The molecule has 0 amide bonds. The number of fused-ring (bicyclic) bond motifs is 5. The minimum Gasteiger partial charge on any atom is -0.372 e. The molecule has 0 N–H and O–H groups in total. The maximum atomic E-state index is 6.48. The lowest BCUT2D eigenvalue weighted by Gasteiger charge is -2.29. The third kappa shape index (κ3) is 4.60. The fourth-order valence-electron chi connectivity index (χ4n) is 5.95. The lowest BCUT2D eigenvalue weighted by molar-refractivity contribution is -0.236. The zero-order chi connectivity index (χ0) is 26.9.